The molecule has 8 nitrogen and oxygen atoms in total. The number of rotatable bonds is 7. The second-order valence-corrected chi connectivity index (χ2v) is 14.9. The van der Waals surface area contributed by atoms with Crippen molar-refractivity contribution in [2.75, 3.05) is 5.32 Å². The number of carbonyl (C=O) groups is 1. The van der Waals surface area contributed by atoms with Gasteiger partial charge in [-0.1, -0.05) is 91.0 Å². The first kappa shape index (κ1) is 30.6. The van der Waals surface area contributed by atoms with E-state index in [0.29, 0.717) is 12.4 Å². The summed E-state index contributed by atoms with van der Waals surface area (Å²) in [6, 6.07) is 29.0. The Kier molecular flexibility index (Phi) is 7.69. The number of carbonyl (C=O) groups excluding carboxylic acids is 1. The Labute approximate surface area is 281 Å². The quantitative estimate of drug-likeness (QED) is 0.177. The lowest BCUT2D eigenvalue weighted by Gasteiger charge is -2.37. The van der Waals surface area contributed by atoms with E-state index in [2.05, 4.69) is 26.4 Å². The Hall–Kier alpha value is -4.73. The zero-order chi connectivity index (χ0) is 32.9. The molecule has 1 aliphatic heterocycles. The van der Waals surface area contributed by atoms with Crippen LogP contribution in [0, 0.1) is 6.92 Å². The maximum Gasteiger partial charge on any atom is 0.354 e. The van der Waals surface area contributed by atoms with E-state index in [9.17, 15) is 4.79 Å². The molecule has 2 aliphatic carbocycles. The minimum atomic E-state index is -3.78. The molecule has 0 bridgehead atoms. The zero-order valence-corrected chi connectivity index (χ0v) is 28.1. The normalized spacial score (nSPS) is 17.6. The third-order valence-corrected chi connectivity index (χ3v) is 12.0. The molecule has 5 aromatic rings. The molecule has 1 unspecified atom stereocenters. The number of benzene rings is 4. The molecule has 0 saturated heterocycles. The number of nitrogens with one attached hydrogen (secondary N) is 2. The largest absolute Gasteiger partial charge is 0.472 e. The Morgan fingerprint density at radius 3 is 1.85 bits per heavy atom. The molecule has 0 spiro atoms. The van der Waals surface area contributed by atoms with E-state index < -0.39 is 21.5 Å². The van der Waals surface area contributed by atoms with Crippen molar-refractivity contribution >= 4 is 21.6 Å². The average molecular weight is 658 g/mol. The number of amides is 2. The van der Waals surface area contributed by atoms with Gasteiger partial charge in [0.05, 0.1) is 12.7 Å². The second-order valence-electron chi connectivity index (χ2n) is 13.0. The summed E-state index contributed by atoms with van der Waals surface area (Å²) in [7, 11) is -3.78. The number of anilines is 1. The van der Waals surface area contributed by atoms with Crippen LogP contribution in [0.15, 0.2) is 106 Å². The molecule has 2 N–H and O–H groups in total. The van der Waals surface area contributed by atoms with Gasteiger partial charge in [-0.2, -0.15) is 5.10 Å². The van der Waals surface area contributed by atoms with E-state index in [-0.39, 0.29) is 11.0 Å². The number of nitrogens with zero attached hydrogens (tertiary/aromatic N) is 3. The van der Waals surface area contributed by atoms with Crippen molar-refractivity contribution in [2.45, 2.75) is 75.5 Å². The number of fused-ring (bicyclic) bond motifs is 3. The highest BCUT2D eigenvalue weighted by Crippen LogP contribution is 2.43. The van der Waals surface area contributed by atoms with E-state index in [1.165, 1.54) is 34.0 Å². The fraction of sp³-hybridized carbons (Fsp3) is 0.282. The van der Waals surface area contributed by atoms with Crippen LogP contribution in [-0.2, 0) is 47.7 Å². The number of aromatic nitrogens is 2. The molecule has 0 fully saturated rings. The highest BCUT2D eigenvalue weighted by atomic mass is 32.2. The van der Waals surface area contributed by atoms with Crippen LogP contribution in [0.1, 0.15) is 64.3 Å². The Morgan fingerprint density at radius 1 is 0.833 bits per heavy atom. The molecule has 9 heteroatoms. The predicted molar refractivity (Wildman–Crippen MR) is 188 cm³/mol. The van der Waals surface area contributed by atoms with Crippen molar-refractivity contribution in [1.29, 1.82) is 0 Å². The van der Waals surface area contributed by atoms with Gasteiger partial charge in [0.2, 0.25) is 5.88 Å². The molecular weight excluding hydrogens is 619 g/mol. The fourth-order valence-electron chi connectivity index (χ4n) is 7.97. The summed E-state index contributed by atoms with van der Waals surface area (Å²) >= 11 is 0. The Bertz CT molecular complexity index is 2010. The van der Waals surface area contributed by atoms with Gasteiger partial charge in [-0.05, 0) is 96.9 Å². The topological polar surface area (TPSA) is 97.6 Å². The molecule has 1 aromatic heterocycles. The van der Waals surface area contributed by atoms with E-state index in [0.717, 1.165) is 60.9 Å². The molecule has 8 rings (SSSR count). The first-order valence-corrected chi connectivity index (χ1v) is 18.3. The highest BCUT2D eigenvalue weighted by molar-refractivity contribution is 7.92. The highest BCUT2D eigenvalue weighted by Gasteiger charge is 2.42. The van der Waals surface area contributed by atoms with E-state index in [1.54, 1.807) is 4.68 Å². The molecule has 2 atom stereocenters. The number of hydrogen-bond donors (Lipinski definition) is 2. The van der Waals surface area contributed by atoms with E-state index in [4.69, 9.17) is 4.74 Å². The lowest BCUT2D eigenvalue weighted by Crippen LogP contribution is -2.48. The predicted octanol–water partition coefficient (Wildman–Crippen LogP) is 7.51. The van der Waals surface area contributed by atoms with Gasteiger partial charge < -0.3 is 10.1 Å². The number of urea groups is 1. The maximum absolute atomic E-state index is 15.9. The molecule has 3 aliphatic rings. The maximum atomic E-state index is 15.9. The molecular formula is C39H39N5O3S. The van der Waals surface area contributed by atoms with Gasteiger partial charge in [0.25, 0.3) is 0 Å². The molecule has 4 aromatic carbocycles. The van der Waals surface area contributed by atoms with Gasteiger partial charge in [0.15, 0.2) is 9.92 Å². The van der Waals surface area contributed by atoms with Crippen LogP contribution >= 0.6 is 0 Å². The smallest absolute Gasteiger partial charge is 0.354 e. The van der Waals surface area contributed by atoms with Crippen molar-refractivity contribution < 1.29 is 13.7 Å². The molecule has 2 heterocycles. The summed E-state index contributed by atoms with van der Waals surface area (Å²) in [6.45, 7) is 4.68. The minimum Gasteiger partial charge on any atom is -0.472 e. The summed E-state index contributed by atoms with van der Waals surface area (Å²) in [4.78, 5) is 14.5. The van der Waals surface area contributed by atoms with Gasteiger partial charge in [0, 0.05) is 5.69 Å². The van der Waals surface area contributed by atoms with E-state index in [1.807, 2.05) is 97.9 Å². The monoisotopic (exact) mass is 657 g/mol. The summed E-state index contributed by atoms with van der Waals surface area (Å²) in [5.74, 6) is 0.358. The van der Waals surface area contributed by atoms with Gasteiger partial charge in [0.1, 0.15) is 16.5 Å². The molecule has 0 saturated carbocycles. The zero-order valence-electron chi connectivity index (χ0n) is 27.2. The number of hydrogen-bond acceptors (Lipinski definition) is 4. The number of ether oxygens (including phenoxy) is 1. The Morgan fingerprint density at radius 2 is 1.33 bits per heavy atom. The van der Waals surface area contributed by atoms with Crippen molar-refractivity contribution in [3.05, 3.63) is 142 Å². The average Bonchev–Trinajstić information content (AvgIpc) is 3.92. The van der Waals surface area contributed by atoms with Gasteiger partial charge in [-0.15, -0.1) is 4.36 Å². The standard InChI is InChI=1S/C39H39N5O3S/c1-26-25-44-37(47-26)35(24-40-44)48(46,42-38(45)41-36-33-22-12-20-31(33)27(2)32-21-13-23-34(32)36)43-39(28-14-6-3-7-15-28,29-16-8-4-9-17-29)30-18-10-5-11-19-30/h3-11,14-19,24,26H,12-13,20-23,25H2,1-2H3,(H2,41,42,43,45,46)/t26-,48?/m0/s1. The van der Waals surface area contributed by atoms with Crippen LogP contribution in [0.5, 0.6) is 5.88 Å². The van der Waals surface area contributed by atoms with Crippen molar-refractivity contribution in [3.63, 3.8) is 0 Å². The van der Waals surface area contributed by atoms with E-state index >= 15 is 4.21 Å². The van der Waals surface area contributed by atoms with Crippen LogP contribution in [0.4, 0.5) is 10.5 Å². The second kappa shape index (κ2) is 12.1. The SMILES string of the molecule is Cc1c2c(c(NC(=O)N=S(=O)(NC(c3ccccc3)(c3ccccc3)c3ccccc3)c3cnn4c3O[C@@H](C)C4)c3c1CCC3)CCC2. The van der Waals surface area contributed by atoms with Crippen LogP contribution in [-0.4, -0.2) is 26.1 Å². The van der Waals surface area contributed by atoms with Crippen LogP contribution < -0.4 is 14.8 Å². The van der Waals surface area contributed by atoms with Crippen LogP contribution in [0.3, 0.4) is 0 Å². The molecule has 48 heavy (non-hydrogen) atoms. The lowest BCUT2D eigenvalue weighted by molar-refractivity contribution is 0.248. The van der Waals surface area contributed by atoms with Crippen molar-refractivity contribution in [3.8, 4) is 5.88 Å². The Balaban J connectivity index is 1.34. The summed E-state index contributed by atoms with van der Waals surface area (Å²) in [5.41, 5.74) is 8.69. The summed E-state index contributed by atoms with van der Waals surface area (Å²) in [5, 5.41) is 7.71. The van der Waals surface area contributed by atoms with Crippen LogP contribution in [0.2, 0.25) is 0 Å². The lowest BCUT2D eigenvalue weighted by atomic mass is 9.78. The third kappa shape index (κ3) is 5.04. The third-order valence-electron chi connectivity index (χ3n) is 10.1. The van der Waals surface area contributed by atoms with Gasteiger partial charge >= 0.3 is 6.03 Å². The first-order chi connectivity index (χ1) is 23.4. The van der Waals surface area contributed by atoms with Crippen LogP contribution in [0.25, 0.3) is 0 Å². The summed E-state index contributed by atoms with van der Waals surface area (Å²) < 4.78 is 31.9. The minimum absolute atomic E-state index is 0.162. The summed E-state index contributed by atoms with van der Waals surface area (Å²) in [6.07, 6.45) is 7.33. The van der Waals surface area contributed by atoms with Crippen molar-refractivity contribution in [1.82, 2.24) is 14.5 Å². The fourth-order valence-corrected chi connectivity index (χ4v) is 9.85. The van der Waals surface area contributed by atoms with Gasteiger partial charge in [-0.25, -0.2) is 18.4 Å². The molecule has 2 amide bonds. The van der Waals surface area contributed by atoms with Gasteiger partial charge in [-0.3, -0.25) is 0 Å². The molecule has 0 radical (unpaired) electrons. The molecule has 244 valence electrons. The first-order valence-electron chi connectivity index (χ1n) is 16.8. The van der Waals surface area contributed by atoms with Crippen molar-refractivity contribution in [2.24, 2.45) is 4.36 Å².